The van der Waals surface area contributed by atoms with E-state index < -0.39 is 24.3 Å². The highest BCUT2D eigenvalue weighted by molar-refractivity contribution is 5.69. The molecule has 1 atom stereocenters. The average Bonchev–Trinajstić information content (AvgIpc) is 3.25. The van der Waals surface area contributed by atoms with Crippen LogP contribution in [0.1, 0.15) is 56.6 Å². The molecular formula is C29H41F3N4O4. The van der Waals surface area contributed by atoms with Crippen LogP contribution in [-0.4, -0.2) is 102 Å². The van der Waals surface area contributed by atoms with Gasteiger partial charge >= 0.3 is 18.2 Å². The highest BCUT2D eigenvalue weighted by Crippen LogP contribution is 2.43. The number of carbonyl (C=O) groups is 2. The van der Waals surface area contributed by atoms with Gasteiger partial charge in [0, 0.05) is 57.0 Å². The van der Waals surface area contributed by atoms with E-state index in [1.807, 2.05) is 4.90 Å². The molecule has 1 aromatic carbocycles. The monoisotopic (exact) mass is 566 g/mol. The van der Waals surface area contributed by atoms with Gasteiger partial charge in [-0.05, 0) is 81.5 Å². The molecule has 1 amide bonds. The summed E-state index contributed by atoms with van der Waals surface area (Å²) in [5, 5.41) is 9.07. The molecule has 0 aliphatic carbocycles. The molecule has 0 saturated carbocycles. The van der Waals surface area contributed by atoms with Gasteiger partial charge in [0.2, 0.25) is 0 Å². The number of benzene rings is 1. The number of likely N-dealkylation sites (tertiary alicyclic amines) is 3. The molecule has 11 heteroatoms. The number of anilines is 1. The van der Waals surface area contributed by atoms with E-state index in [0.29, 0.717) is 13.1 Å². The molecule has 1 N–H and O–H groups in total. The number of amides is 1. The Kier molecular flexibility index (Phi) is 8.00. The van der Waals surface area contributed by atoms with E-state index in [1.54, 1.807) is 0 Å². The molecule has 4 heterocycles. The van der Waals surface area contributed by atoms with Crippen LogP contribution in [0.2, 0.25) is 0 Å². The summed E-state index contributed by atoms with van der Waals surface area (Å²) in [6.07, 6.45) is -1.90. The summed E-state index contributed by atoms with van der Waals surface area (Å²) in [5.41, 5.74) is 3.94. The van der Waals surface area contributed by atoms with Crippen molar-refractivity contribution < 1.29 is 32.6 Å². The number of hydrogen-bond acceptors (Lipinski definition) is 6. The maximum Gasteiger partial charge on any atom is 0.425 e. The molecule has 2 spiro atoms. The molecule has 1 aromatic rings. The number of nitrogens with zero attached hydrogens (tertiary/aromatic N) is 4. The Labute approximate surface area is 234 Å². The van der Waals surface area contributed by atoms with Crippen molar-refractivity contribution in [3.63, 3.8) is 0 Å². The van der Waals surface area contributed by atoms with Gasteiger partial charge in [0.1, 0.15) is 0 Å². The van der Waals surface area contributed by atoms with E-state index in [-0.39, 0.29) is 17.5 Å². The van der Waals surface area contributed by atoms with Gasteiger partial charge in [-0.15, -0.1) is 0 Å². The third kappa shape index (κ3) is 6.05. The van der Waals surface area contributed by atoms with E-state index in [4.69, 9.17) is 5.11 Å². The molecule has 4 saturated heterocycles. The van der Waals surface area contributed by atoms with E-state index in [0.717, 1.165) is 84.7 Å². The van der Waals surface area contributed by atoms with Crippen LogP contribution in [0.5, 0.6) is 0 Å². The van der Waals surface area contributed by atoms with Crippen LogP contribution in [0.25, 0.3) is 0 Å². The first-order valence-corrected chi connectivity index (χ1v) is 14.4. The Morgan fingerprint density at radius 2 is 1.70 bits per heavy atom. The smallest absolute Gasteiger partial charge is 0.425 e. The first kappa shape index (κ1) is 29.0. The third-order valence-electron chi connectivity index (χ3n) is 9.68. The standard InChI is InChI=1S/C29H41F3N4O4/c1-21-4-5-23(24(16-21)34-12-7-27(8-13-34)19-33(20-27)18-25(37)38)17-36-11-3-6-28(36)9-14-35(15-10-28)26(39)40-22(2)29(30,31)32/h4-5,16,22H,3,6-15,17-20H2,1-2H3,(H,37,38). The largest absolute Gasteiger partial charge is 0.480 e. The topological polar surface area (TPSA) is 76.6 Å². The number of rotatable bonds is 6. The maximum absolute atomic E-state index is 12.9. The fraction of sp³-hybridized carbons (Fsp3) is 0.724. The molecule has 4 aliphatic heterocycles. The van der Waals surface area contributed by atoms with Crippen molar-refractivity contribution in [1.29, 1.82) is 0 Å². The van der Waals surface area contributed by atoms with Gasteiger partial charge in [0.05, 0.1) is 6.54 Å². The lowest BCUT2D eigenvalue weighted by atomic mass is 9.72. The quantitative estimate of drug-likeness (QED) is 0.544. The Hall–Kier alpha value is -2.53. The lowest BCUT2D eigenvalue weighted by Crippen LogP contribution is -2.61. The number of piperidine rings is 2. The normalized spacial score (nSPS) is 23.8. The molecule has 4 aliphatic rings. The Morgan fingerprint density at radius 1 is 1.02 bits per heavy atom. The number of halogens is 3. The van der Waals surface area contributed by atoms with Crippen molar-refractivity contribution in [3.8, 4) is 0 Å². The highest BCUT2D eigenvalue weighted by atomic mass is 19.4. The van der Waals surface area contributed by atoms with E-state index in [9.17, 15) is 22.8 Å². The molecular weight excluding hydrogens is 525 g/mol. The number of carboxylic acid groups (broad SMARTS) is 1. The fourth-order valence-electron chi connectivity index (χ4n) is 7.26. The van der Waals surface area contributed by atoms with Gasteiger partial charge in [0.25, 0.3) is 0 Å². The zero-order chi connectivity index (χ0) is 28.7. The van der Waals surface area contributed by atoms with Crippen molar-refractivity contribution >= 4 is 17.7 Å². The predicted molar refractivity (Wildman–Crippen MR) is 144 cm³/mol. The minimum absolute atomic E-state index is 0.0555. The van der Waals surface area contributed by atoms with Gasteiger partial charge in [-0.2, -0.15) is 13.2 Å². The van der Waals surface area contributed by atoms with Gasteiger partial charge in [-0.3, -0.25) is 14.6 Å². The summed E-state index contributed by atoms with van der Waals surface area (Å²) in [6, 6.07) is 6.65. The molecule has 40 heavy (non-hydrogen) atoms. The minimum Gasteiger partial charge on any atom is -0.480 e. The van der Waals surface area contributed by atoms with Crippen LogP contribution in [0.3, 0.4) is 0 Å². The summed E-state index contributed by atoms with van der Waals surface area (Å²) < 4.78 is 43.3. The minimum atomic E-state index is -4.56. The number of alkyl halides is 3. The second kappa shape index (κ2) is 11.0. The number of aliphatic carboxylic acids is 1. The summed E-state index contributed by atoms with van der Waals surface area (Å²) in [7, 11) is 0. The lowest BCUT2D eigenvalue weighted by molar-refractivity contribution is -0.200. The number of ether oxygens (including phenoxy) is 1. The summed E-state index contributed by atoms with van der Waals surface area (Å²) in [5.74, 6) is -0.766. The molecule has 5 rings (SSSR count). The molecule has 0 radical (unpaired) electrons. The van der Waals surface area contributed by atoms with Crippen molar-refractivity contribution in [3.05, 3.63) is 29.3 Å². The van der Waals surface area contributed by atoms with Crippen LogP contribution in [0.15, 0.2) is 18.2 Å². The number of hydrogen-bond donors (Lipinski definition) is 1. The zero-order valence-electron chi connectivity index (χ0n) is 23.5. The molecule has 222 valence electrons. The molecule has 0 bridgehead atoms. The first-order valence-electron chi connectivity index (χ1n) is 14.4. The van der Waals surface area contributed by atoms with Crippen molar-refractivity contribution in [2.24, 2.45) is 5.41 Å². The lowest BCUT2D eigenvalue weighted by Gasteiger charge is -2.54. The number of aryl methyl sites for hydroxylation is 1. The number of carboxylic acids is 1. The van der Waals surface area contributed by atoms with E-state index >= 15 is 0 Å². The van der Waals surface area contributed by atoms with Crippen molar-refractivity contribution in [2.75, 3.05) is 57.3 Å². The van der Waals surface area contributed by atoms with Gasteiger partial charge in [-0.1, -0.05) is 12.1 Å². The van der Waals surface area contributed by atoms with E-state index in [2.05, 4.69) is 39.7 Å². The van der Waals surface area contributed by atoms with Crippen LogP contribution < -0.4 is 4.90 Å². The van der Waals surface area contributed by atoms with Crippen molar-refractivity contribution in [2.45, 2.75) is 76.7 Å². The van der Waals surface area contributed by atoms with Crippen LogP contribution in [0.4, 0.5) is 23.7 Å². The Balaban J connectivity index is 1.20. The SMILES string of the molecule is Cc1ccc(CN2CCCC23CCN(C(=O)OC(C)C(F)(F)F)CC3)c(N2CCC3(CC2)CN(CC(=O)O)C3)c1. The van der Waals surface area contributed by atoms with Gasteiger partial charge < -0.3 is 19.6 Å². The average molecular weight is 567 g/mol. The second-order valence-electron chi connectivity index (χ2n) is 12.5. The summed E-state index contributed by atoms with van der Waals surface area (Å²) >= 11 is 0. The maximum atomic E-state index is 12.9. The summed E-state index contributed by atoms with van der Waals surface area (Å²) in [4.78, 5) is 31.9. The Morgan fingerprint density at radius 3 is 2.33 bits per heavy atom. The second-order valence-corrected chi connectivity index (χ2v) is 12.5. The van der Waals surface area contributed by atoms with Crippen LogP contribution in [0, 0.1) is 12.3 Å². The van der Waals surface area contributed by atoms with Crippen LogP contribution in [-0.2, 0) is 16.1 Å². The van der Waals surface area contributed by atoms with Crippen molar-refractivity contribution in [1.82, 2.24) is 14.7 Å². The van der Waals surface area contributed by atoms with Gasteiger partial charge in [-0.25, -0.2) is 4.79 Å². The van der Waals surface area contributed by atoms with E-state index in [1.165, 1.54) is 21.7 Å². The molecule has 8 nitrogen and oxygen atoms in total. The predicted octanol–water partition coefficient (Wildman–Crippen LogP) is 4.50. The zero-order valence-corrected chi connectivity index (χ0v) is 23.5. The summed E-state index contributed by atoms with van der Waals surface area (Å²) in [6.45, 7) is 9.30. The third-order valence-corrected chi connectivity index (χ3v) is 9.68. The number of carbonyl (C=O) groups excluding carboxylic acids is 1. The highest BCUT2D eigenvalue weighted by Gasteiger charge is 2.47. The first-order chi connectivity index (χ1) is 18.9. The fourth-order valence-corrected chi connectivity index (χ4v) is 7.26. The van der Waals surface area contributed by atoms with Crippen LogP contribution >= 0.6 is 0 Å². The Bertz CT molecular complexity index is 1090. The molecule has 4 fully saturated rings. The molecule has 0 aromatic heterocycles. The molecule has 1 unspecified atom stereocenters. The van der Waals surface area contributed by atoms with Gasteiger partial charge in [0.15, 0.2) is 6.10 Å².